The zero-order chi connectivity index (χ0) is 21.3. The van der Waals surface area contributed by atoms with Crippen molar-refractivity contribution in [1.82, 2.24) is 0 Å². The van der Waals surface area contributed by atoms with E-state index in [4.69, 9.17) is 4.74 Å². The molecule has 0 saturated carbocycles. The van der Waals surface area contributed by atoms with Gasteiger partial charge in [0.15, 0.2) is 6.10 Å². The summed E-state index contributed by atoms with van der Waals surface area (Å²) in [5, 5.41) is 2.91. The largest absolute Gasteiger partial charge is 0.476 e. The number of carbonyl (C=O) groups excluding carboxylic acids is 1. The highest BCUT2D eigenvalue weighted by atomic mass is 32.2. The maximum Gasteiger partial charge on any atom is 0.267 e. The first-order chi connectivity index (χ1) is 14.4. The van der Waals surface area contributed by atoms with Crippen molar-refractivity contribution in [3.63, 3.8) is 0 Å². The van der Waals surface area contributed by atoms with Crippen molar-refractivity contribution in [1.29, 1.82) is 0 Å². The number of carbonyl (C=O) groups is 1. The Balaban J connectivity index is 1.69. The van der Waals surface area contributed by atoms with E-state index in [1.807, 2.05) is 32.0 Å². The Hall–Kier alpha value is -3.32. The van der Waals surface area contributed by atoms with Crippen LogP contribution in [-0.2, 0) is 14.8 Å². The summed E-state index contributed by atoms with van der Waals surface area (Å²) in [5.41, 5.74) is 2.97. The van der Waals surface area contributed by atoms with Crippen LogP contribution in [0.5, 0.6) is 5.75 Å². The zero-order valence-electron chi connectivity index (χ0n) is 16.7. The van der Waals surface area contributed by atoms with Crippen molar-refractivity contribution in [2.45, 2.75) is 24.8 Å². The first-order valence-electron chi connectivity index (χ1n) is 9.58. The molecular weight excluding hydrogens is 400 g/mol. The van der Waals surface area contributed by atoms with Gasteiger partial charge in [-0.15, -0.1) is 0 Å². The molecule has 3 aromatic rings. The van der Waals surface area contributed by atoms with E-state index in [2.05, 4.69) is 5.32 Å². The number of benzene rings is 3. The SMILES string of the molecule is Cc1cccc(C)c1NC(=O)[C@@H]1CN(S(=O)(=O)c2ccccc2)c2ccccc2O1. The molecule has 1 heterocycles. The van der Waals surface area contributed by atoms with Gasteiger partial charge in [-0.1, -0.05) is 48.5 Å². The van der Waals surface area contributed by atoms with Crippen molar-refractivity contribution in [2.75, 3.05) is 16.2 Å². The topological polar surface area (TPSA) is 75.7 Å². The minimum Gasteiger partial charge on any atom is -0.476 e. The average Bonchev–Trinajstić information content (AvgIpc) is 2.76. The molecule has 30 heavy (non-hydrogen) atoms. The lowest BCUT2D eigenvalue weighted by Gasteiger charge is -2.34. The van der Waals surface area contributed by atoms with Crippen molar-refractivity contribution in [3.05, 3.63) is 83.9 Å². The molecule has 1 atom stereocenters. The van der Waals surface area contributed by atoms with E-state index in [0.717, 1.165) is 11.1 Å². The molecule has 4 rings (SSSR count). The van der Waals surface area contributed by atoms with E-state index in [1.54, 1.807) is 54.6 Å². The van der Waals surface area contributed by atoms with Gasteiger partial charge in [0.1, 0.15) is 5.75 Å². The molecule has 0 aromatic heterocycles. The summed E-state index contributed by atoms with van der Waals surface area (Å²) in [4.78, 5) is 13.2. The van der Waals surface area contributed by atoms with E-state index in [1.165, 1.54) is 4.31 Å². The maximum absolute atomic E-state index is 13.3. The number of ether oxygens (including phenoxy) is 1. The smallest absolute Gasteiger partial charge is 0.267 e. The van der Waals surface area contributed by atoms with Crippen molar-refractivity contribution in [2.24, 2.45) is 0 Å². The van der Waals surface area contributed by atoms with Crippen LogP contribution >= 0.6 is 0 Å². The van der Waals surface area contributed by atoms with Crippen LogP contribution < -0.4 is 14.4 Å². The molecule has 1 N–H and O–H groups in total. The van der Waals surface area contributed by atoms with E-state index in [9.17, 15) is 13.2 Å². The molecule has 0 saturated heterocycles. The van der Waals surface area contributed by atoms with Crippen LogP contribution in [0.3, 0.4) is 0 Å². The summed E-state index contributed by atoms with van der Waals surface area (Å²) in [6.07, 6.45) is -0.989. The fourth-order valence-corrected chi connectivity index (χ4v) is 5.00. The number of anilines is 2. The molecule has 1 aliphatic rings. The molecule has 6 nitrogen and oxygen atoms in total. The molecule has 1 aliphatic heterocycles. The second-order valence-corrected chi connectivity index (χ2v) is 9.04. The molecule has 7 heteroatoms. The molecule has 0 aliphatic carbocycles. The van der Waals surface area contributed by atoms with E-state index in [0.29, 0.717) is 17.1 Å². The quantitative estimate of drug-likeness (QED) is 0.692. The van der Waals surface area contributed by atoms with Gasteiger partial charge < -0.3 is 10.1 Å². The highest BCUT2D eigenvalue weighted by molar-refractivity contribution is 7.92. The van der Waals surface area contributed by atoms with Crippen LogP contribution in [0.15, 0.2) is 77.7 Å². The molecule has 154 valence electrons. The molecular formula is C23H22N2O4S. The number of rotatable bonds is 4. The van der Waals surface area contributed by atoms with Gasteiger partial charge in [0, 0.05) is 5.69 Å². The molecule has 3 aromatic carbocycles. The number of para-hydroxylation sites is 3. The summed E-state index contributed by atoms with van der Waals surface area (Å²) < 4.78 is 33.8. The third-order valence-electron chi connectivity index (χ3n) is 5.09. The van der Waals surface area contributed by atoms with E-state index < -0.39 is 22.0 Å². The van der Waals surface area contributed by atoms with Gasteiger partial charge in [-0.25, -0.2) is 8.42 Å². The number of hydrogen-bond donors (Lipinski definition) is 1. The number of nitrogens with one attached hydrogen (secondary N) is 1. The van der Waals surface area contributed by atoms with E-state index in [-0.39, 0.29) is 11.4 Å². The van der Waals surface area contributed by atoms with Crippen molar-refractivity contribution >= 4 is 27.3 Å². The van der Waals surface area contributed by atoms with Gasteiger partial charge in [0.25, 0.3) is 15.9 Å². The number of sulfonamides is 1. The van der Waals surface area contributed by atoms with Crippen LogP contribution in [0.25, 0.3) is 0 Å². The maximum atomic E-state index is 13.3. The van der Waals surface area contributed by atoms with Crippen LogP contribution in [-0.4, -0.2) is 27.0 Å². The normalized spacial score (nSPS) is 15.8. The van der Waals surface area contributed by atoms with Gasteiger partial charge in [-0.05, 0) is 49.2 Å². The third-order valence-corrected chi connectivity index (χ3v) is 6.88. The number of aryl methyl sites for hydroxylation is 2. The van der Waals surface area contributed by atoms with Crippen LogP contribution in [0, 0.1) is 13.8 Å². The molecule has 0 unspecified atom stereocenters. The number of fused-ring (bicyclic) bond motifs is 1. The minimum absolute atomic E-state index is 0.120. The van der Waals surface area contributed by atoms with Crippen LogP contribution in [0.2, 0.25) is 0 Å². The molecule has 0 radical (unpaired) electrons. The highest BCUT2D eigenvalue weighted by Gasteiger charge is 2.37. The van der Waals surface area contributed by atoms with Gasteiger partial charge in [0.2, 0.25) is 0 Å². The van der Waals surface area contributed by atoms with Crippen molar-refractivity contribution in [3.8, 4) is 5.75 Å². The van der Waals surface area contributed by atoms with E-state index >= 15 is 0 Å². The minimum atomic E-state index is -3.86. The Labute approximate surface area is 176 Å². The summed E-state index contributed by atoms with van der Waals surface area (Å²) in [6, 6.07) is 20.8. The lowest BCUT2D eigenvalue weighted by atomic mass is 10.1. The lowest BCUT2D eigenvalue weighted by molar-refractivity contribution is -0.122. The Morgan fingerprint density at radius 1 is 0.933 bits per heavy atom. The predicted molar refractivity (Wildman–Crippen MR) is 116 cm³/mol. The van der Waals surface area contributed by atoms with Gasteiger partial charge in [-0.2, -0.15) is 0 Å². The molecule has 0 fully saturated rings. The van der Waals surface area contributed by atoms with Crippen LogP contribution in [0.4, 0.5) is 11.4 Å². The zero-order valence-corrected chi connectivity index (χ0v) is 17.5. The van der Waals surface area contributed by atoms with Gasteiger partial charge in [0.05, 0.1) is 17.1 Å². The molecule has 1 amide bonds. The number of hydrogen-bond acceptors (Lipinski definition) is 4. The monoisotopic (exact) mass is 422 g/mol. The predicted octanol–water partition coefficient (Wildman–Crippen LogP) is 3.90. The second-order valence-electron chi connectivity index (χ2n) is 7.18. The lowest BCUT2D eigenvalue weighted by Crippen LogP contribution is -2.48. The Bertz CT molecular complexity index is 1170. The van der Waals surface area contributed by atoms with Gasteiger partial charge in [-0.3, -0.25) is 9.10 Å². The molecule has 0 spiro atoms. The standard InChI is InChI=1S/C23H22N2O4S/c1-16-9-8-10-17(2)22(16)24-23(26)21-15-25(19-13-6-7-14-20(19)29-21)30(27,28)18-11-4-3-5-12-18/h3-14,21H,15H2,1-2H3,(H,24,26)/t21-/m0/s1. The van der Waals surface area contributed by atoms with Crippen LogP contribution in [0.1, 0.15) is 11.1 Å². The number of amides is 1. The fraction of sp³-hybridized carbons (Fsp3) is 0.174. The first-order valence-corrected chi connectivity index (χ1v) is 11.0. The number of nitrogens with zero attached hydrogens (tertiary/aromatic N) is 1. The Morgan fingerprint density at radius 3 is 2.27 bits per heavy atom. The second kappa shape index (κ2) is 7.84. The summed E-state index contributed by atoms with van der Waals surface area (Å²) in [7, 11) is -3.86. The summed E-state index contributed by atoms with van der Waals surface area (Å²) in [6.45, 7) is 3.70. The van der Waals surface area contributed by atoms with Crippen molar-refractivity contribution < 1.29 is 17.9 Å². The highest BCUT2D eigenvalue weighted by Crippen LogP contribution is 2.37. The average molecular weight is 423 g/mol. The molecule has 0 bridgehead atoms. The van der Waals surface area contributed by atoms with Gasteiger partial charge >= 0.3 is 0 Å². The Kier molecular flexibility index (Phi) is 5.22. The third kappa shape index (κ3) is 3.64. The fourth-order valence-electron chi connectivity index (χ4n) is 3.50. The summed E-state index contributed by atoms with van der Waals surface area (Å²) >= 11 is 0. The Morgan fingerprint density at radius 2 is 1.57 bits per heavy atom. The summed E-state index contributed by atoms with van der Waals surface area (Å²) in [5.74, 6) is -0.0416. The first kappa shape index (κ1) is 20.0.